The van der Waals surface area contributed by atoms with E-state index < -0.39 is 11.7 Å². The molecule has 0 aliphatic carbocycles. The van der Waals surface area contributed by atoms with E-state index in [9.17, 15) is 13.2 Å². The van der Waals surface area contributed by atoms with Gasteiger partial charge in [0.15, 0.2) is 0 Å². The Kier molecular flexibility index (Phi) is 5.30. The average Bonchev–Trinajstić information content (AvgIpc) is 2.41. The third kappa shape index (κ3) is 4.73. The van der Waals surface area contributed by atoms with Crippen LogP contribution in [0.15, 0.2) is 46.9 Å². The summed E-state index contributed by atoms with van der Waals surface area (Å²) in [6.45, 7) is 1.03. The van der Waals surface area contributed by atoms with Crippen LogP contribution in [-0.4, -0.2) is 0 Å². The molecule has 1 N–H and O–H groups in total. The lowest BCUT2D eigenvalue weighted by Gasteiger charge is -2.09. The first kappa shape index (κ1) is 16.3. The summed E-state index contributed by atoms with van der Waals surface area (Å²) >= 11 is 9.41. The minimum Gasteiger partial charge on any atom is -0.309 e. The topological polar surface area (TPSA) is 12.0 Å². The molecule has 0 heterocycles. The molecule has 0 unspecified atom stereocenters. The molecule has 0 bridgehead atoms. The van der Waals surface area contributed by atoms with Gasteiger partial charge in [-0.3, -0.25) is 0 Å². The SMILES string of the molecule is FC(F)(F)c1ccc(CNCc2ccc(Br)cc2Cl)cc1. The highest BCUT2D eigenvalue weighted by Crippen LogP contribution is 2.29. The smallest absolute Gasteiger partial charge is 0.309 e. The summed E-state index contributed by atoms with van der Waals surface area (Å²) in [5.41, 5.74) is 1.09. The number of nitrogens with one attached hydrogen (secondary N) is 1. The Morgan fingerprint density at radius 1 is 1.00 bits per heavy atom. The van der Waals surface area contributed by atoms with Crippen molar-refractivity contribution in [2.24, 2.45) is 0 Å². The van der Waals surface area contributed by atoms with Crippen molar-refractivity contribution in [3.63, 3.8) is 0 Å². The van der Waals surface area contributed by atoms with E-state index in [2.05, 4.69) is 21.2 Å². The highest BCUT2D eigenvalue weighted by atomic mass is 79.9. The molecule has 0 aromatic heterocycles. The van der Waals surface area contributed by atoms with Gasteiger partial charge < -0.3 is 5.32 Å². The molecule has 2 aromatic rings. The lowest BCUT2D eigenvalue weighted by molar-refractivity contribution is -0.137. The third-order valence-corrected chi connectivity index (χ3v) is 3.79. The van der Waals surface area contributed by atoms with Crippen molar-refractivity contribution in [1.29, 1.82) is 0 Å². The Labute approximate surface area is 134 Å². The van der Waals surface area contributed by atoms with Gasteiger partial charge in [-0.15, -0.1) is 0 Å². The lowest BCUT2D eigenvalue weighted by Crippen LogP contribution is -2.13. The van der Waals surface area contributed by atoms with Crippen LogP contribution >= 0.6 is 27.5 Å². The van der Waals surface area contributed by atoms with E-state index in [0.29, 0.717) is 18.1 Å². The molecule has 112 valence electrons. The average molecular weight is 379 g/mol. The van der Waals surface area contributed by atoms with Gasteiger partial charge in [0.25, 0.3) is 0 Å². The predicted molar refractivity (Wildman–Crippen MR) is 81.1 cm³/mol. The second kappa shape index (κ2) is 6.81. The van der Waals surface area contributed by atoms with Gasteiger partial charge in [0.2, 0.25) is 0 Å². The minimum absolute atomic E-state index is 0.477. The molecule has 0 atom stereocenters. The normalized spacial score (nSPS) is 11.7. The molecule has 6 heteroatoms. The second-order valence-corrected chi connectivity index (χ2v) is 5.86. The summed E-state index contributed by atoms with van der Waals surface area (Å²) in [6.07, 6.45) is -4.29. The highest BCUT2D eigenvalue weighted by molar-refractivity contribution is 9.10. The summed E-state index contributed by atoms with van der Waals surface area (Å²) in [5.74, 6) is 0. The van der Waals surface area contributed by atoms with Gasteiger partial charge in [-0.2, -0.15) is 13.2 Å². The highest BCUT2D eigenvalue weighted by Gasteiger charge is 2.29. The predicted octanol–water partition coefficient (Wildman–Crippen LogP) is 5.41. The van der Waals surface area contributed by atoms with E-state index in [0.717, 1.165) is 27.7 Å². The first-order valence-corrected chi connectivity index (χ1v) is 7.34. The molecular weight excluding hydrogens is 367 g/mol. The van der Waals surface area contributed by atoms with E-state index in [1.165, 1.54) is 12.1 Å². The van der Waals surface area contributed by atoms with E-state index in [1.54, 1.807) is 6.07 Å². The van der Waals surface area contributed by atoms with Gasteiger partial charge in [-0.05, 0) is 35.4 Å². The van der Waals surface area contributed by atoms with Crippen molar-refractivity contribution in [2.45, 2.75) is 19.3 Å². The van der Waals surface area contributed by atoms with Gasteiger partial charge in [-0.25, -0.2) is 0 Å². The molecule has 0 aliphatic heterocycles. The summed E-state index contributed by atoms with van der Waals surface area (Å²) in [5, 5.41) is 3.80. The van der Waals surface area contributed by atoms with E-state index in [1.807, 2.05) is 12.1 Å². The van der Waals surface area contributed by atoms with Gasteiger partial charge in [0.1, 0.15) is 0 Å². The zero-order valence-corrected chi connectivity index (χ0v) is 13.2. The quantitative estimate of drug-likeness (QED) is 0.750. The number of benzene rings is 2. The van der Waals surface area contributed by atoms with Crippen LogP contribution in [0.25, 0.3) is 0 Å². The fourth-order valence-electron chi connectivity index (χ4n) is 1.82. The van der Waals surface area contributed by atoms with Gasteiger partial charge in [0.05, 0.1) is 5.56 Å². The van der Waals surface area contributed by atoms with Crippen molar-refractivity contribution in [1.82, 2.24) is 5.32 Å². The van der Waals surface area contributed by atoms with Crippen molar-refractivity contribution in [3.8, 4) is 0 Å². The monoisotopic (exact) mass is 377 g/mol. The Bertz CT molecular complexity index is 611. The Balaban J connectivity index is 1.91. The molecule has 0 fully saturated rings. The standard InChI is InChI=1S/C15H12BrClF3N/c16-13-6-3-11(14(17)7-13)9-21-8-10-1-4-12(5-2-10)15(18,19)20/h1-7,21H,8-9H2. The third-order valence-electron chi connectivity index (χ3n) is 2.94. The number of alkyl halides is 3. The molecule has 2 aromatic carbocycles. The van der Waals surface area contributed by atoms with E-state index in [4.69, 9.17) is 11.6 Å². The summed E-state index contributed by atoms with van der Waals surface area (Å²) in [6, 6.07) is 10.7. The van der Waals surface area contributed by atoms with Crippen molar-refractivity contribution in [2.75, 3.05) is 0 Å². The van der Waals surface area contributed by atoms with Crippen LogP contribution in [0, 0.1) is 0 Å². The van der Waals surface area contributed by atoms with Gasteiger partial charge >= 0.3 is 6.18 Å². The zero-order valence-electron chi connectivity index (χ0n) is 10.8. The molecule has 0 aliphatic rings. The van der Waals surface area contributed by atoms with Crippen LogP contribution in [0.4, 0.5) is 13.2 Å². The molecule has 0 spiro atoms. The van der Waals surface area contributed by atoms with Crippen LogP contribution < -0.4 is 5.32 Å². The van der Waals surface area contributed by atoms with Crippen molar-refractivity contribution in [3.05, 3.63) is 68.7 Å². The van der Waals surface area contributed by atoms with Crippen LogP contribution in [0.3, 0.4) is 0 Å². The van der Waals surface area contributed by atoms with Crippen molar-refractivity contribution >= 4 is 27.5 Å². The first-order chi connectivity index (χ1) is 9.86. The summed E-state index contributed by atoms with van der Waals surface area (Å²) in [4.78, 5) is 0. The number of hydrogen-bond donors (Lipinski definition) is 1. The molecule has 21 heavy (non-hydrogen) atoms. The second-order valence-electron chi connectivity index (χ2n) is 4.53. The van der Waals surface area contributed by atoms with Crippen molar-refractivity contribution < 1.29 is 13.2 Å². The van der Waals surface area contributed by atoms with E-state index in [-0.39, 0.29) is 0 Å². The van der Waals surface area contributed by atoms with Crippen LogP contribution in [0.5, 0.6) is 0 Å². The maximum atomic E-state index is 12.4. The van der Waals surface area contributed by atoms with Crippen LogP contribution in [-0.2, 0) is 19.3 Å². The number of halogens is 5. The van der Waals surface area contributed by atoms with Crippen LogP contribution in [0.2, 0.25) is 5.02 Å². The fraction of sp³-hybridized carbons (Fsp3) is 0.200. The zero-order chi connectivity index (χ0) is 15.5. The molecule has 1 nitrogen and oxygen atoms in total. The summed E-state index contributed by atoms with van der Waals surface area (Å²) in [7, 11) is 0. The lowest BCUT2D eigenvalue weighted by atomic mass is 10.1. The van der Waals surface area contributed by atoms with E-state index >= 15 is 0 Å². The molecule has 0 saturated heterocycles. The number of hydrogen-bond acceptors (Lipinski definition) is 1. The molecule has 2 rings (SSSR count). The molecule has 0 saturated carbocycles. The maximum Gasteiger partial charge on any atom is 0.416 e. The molecule has 0 amide bonds. The van der Waals surface area contributed by atoms with Gasteiger partial charge in [0, 0.05) is 22.6 Å². The number of rotatable bonds is 4. The van der Waals surface area contributed by atoms with Crippen LogP contribution in [0.1, 0.15) is 16.7 Å². The maximum absolute atomic E-state index is 12.4. The Morgan fingerprint density at radius 2 is 1.67 bits per heavy atom. The molecular formula is C15H12BrClF3N. The summed E-state index contributed by atoms with van der Waals surface area (Å²) < 4.78 is 38.2. The fourth-order valence-corrected chi connectivity index (χ4v) is 2.56. The Morgan fingerprint density at radius 3 is 2.24 bits per heavy atom. The molecule has 0 radical (unpaired) electrons. The van der Waals surface area contributed by atoms with Gasteiger partial charge in [-0.1, -0.05) is 45.7 Å². The largest absolute Gasteiger partial charge is 0.416 e. The minimum atomic E-state index is -4.29. The Hall–Kier alpha value is -1.04. The first-order valence-electron chi connectivity index (χ1n) is 6.17.